The lowest BCUT2D eigenvalue weighted by Gasteiger charge is -2.22. The largest absolute Gasteiger partial charge is 0.376 e. The van der Waals surface area contributed by atoms with Crippen molar-refractivity contribution >= 4 is 5.82 Å². The maximum Gasteiger partial charge on any atom is 0.126 e. The Morgan fingerprint density at radius 1 is 1.47 bits per heavy atom. The molecule has 0 aliphatic carbocycles. The van der Waals surface area contributed by atoms with Crippen LogP contribution in [0, 0.1) is 0 Å². The molecule has 1 aliphatic rings. The van der Waals surface area contributed by atoms with Gasteiger partial charge in [-0.2, -0.15) is 0 Å². The van der Waals surface area contributed by atoms with E-state index in [4.69, 9.17) is 9.47 Å². The first-order chi connectivity index (χ1) is 8.38. The van der Waals surface area contributed by atoms with E-state index >= 15 is 0 Å². The van der Waals surface area contributed by atoms with Crippen LogP contribution in [0.1, 0.15) is 25.0 Å². The second kappa shape index (κ2) is 6.57. The normalized spacial score (nSPS) is 20.2. The van der Waals surface area contributed by atoms with Gasteiger partial charge in [0.05, 0.1) is 25.0 Å². The summed E-state index contributed by atoms with van der Waals surface area (Å²) in [6.07, 6.45) is 3.82. The topological polar surface area (TPSA) is 43.4 Å². The number of aromatic nitrogens is 1. The summed E-state index contributed by atoms with van der Waals surface area (Å²) in [5, 5.41) is 3.02. The van der Waals surface area contributed by atoms with Crippen molar-refractivity contribution in [2.75, 3.05) is 25.6 Å². The molecule has 1 saturated heterocycles. The summed E-state index contributed by atoms with van der Waals surface area (Å²) in [4.78, 5) is 4.40. The molecule has 17 heavy (non-hydrogen) atoms. The van der Waals surface area contributed by atoms with E-state index in [1.165, 1.54) is 12.8 Å². The molecule has 0 bridgehead atoms. The number of hydrogen-bond acceptors (Lipinski definition) is 4. The molecule has 94 valence electrons. The molecule has 0 saturated carbocycles. The highest BCUT2D eigenvalue weighted by Gasteiger charge is 2.13. The molecule has 0 aromatic carbocycles. The third-order valence-corrected chi connectivity index (χ3v) is 2.89. The number of pyridine rings is 1. The molecule has 0 radical (unpaired) electrons. The average molecular weight is 236 g/mol. The summed E-state index contributed by atoms with van der Waals surface area (Å²) in [6, 6.07) is 5.89. The second-order valence-electron chi connectivity index (χ2n) is 4.27. The molecule has 1 fully saturated rings. The van der Waals surface area contributed by atoms with Crippen molar-refractivity contribution in [2.24, 2.45) is 0 Å². The van der Waals surface area contributed by atoms with Gasteiger partial charge in [0.15, 0.2) is 0 Å². The smallest absolute Gasteiger partial charge is 0.126 e. The van der Waals surface area contributed by atoms with Crippen molar-refractivity contribution in [1.29, 1.82) is 0 Å². The minimum Gasteiger partial charge on any atom is -0.376 e. The number of anilines is 1. The zero-order valence-electron chi connectivity index (χ0n) is 10.3. The molecule has 1 aromatic heterocycles. The lowest BCUT2D eigenvalue weighted by atomic mass is 10.1. The Hall–Kier alpha value is -1.13. The first kappa shape index (κ1) is 12.3. The molecule has 1 unspecified atom stereocenters. The minimum absolute atomic E-state index is 0.274. The molecule has 0 amide bonds. The highest BCUT2D eigenvalue weighted by molar-refractivity contribution is 5.33. The molecule has 2 heterocycles. The van der Waals surface area contributed by atoms with Crippen molar-refractivity contribution in [2.45, 2.75) is 32.0 Å². The van der Waals surface area contributed by atoms with Crippen molar-refractivity contribution in [3.05, 3.63) is 23.9 Å². The van der Waals surface area contributed by atoms with Gasteiger partial charge in [-0.25, -0.2) is 4.98 Å². The van der Waals surface area contributed by atoms with Crippen molar-refractivity contribution in [3.63, 3.8) is 0 Å². The average Bonchev–Trinajstić information content (AvgIpc) is 2.40. The van der Waals surface area contributed by atoms with E-state index in [2.05, 4.69) is 10.3 Å². The number of hydrogen-bond donors (Lipinski definition) is 1. The van der Waals surface area contributed by atoms with E-state index in [0.29, 0.717) is 13.2 Å². The van der Waals surface area contributed by atoms with Gasteiger partial charge in [0.2, 0.25) is 0 Å². The first-order valence-electron chi connectivity index (χ1n) is 6.21. The van der Waals surface area contributed by atoms with E-state index in [0.717, 1.165) is 24.5 Å². The lowest BCUT2D eigenvalue weighted by molar-refractivity contribution is -0.0452. The fourth-order valence-electron chi connectivity index (χ4n) is 1.93. The molecule has 2 rings (SSSR count). The van der Waals surface area contributed by atoms with Crippen LogP contribution in [0.2, 0.25) is 0 Å². The Labute approximate surface area is 102 Å². The van der Waals surface area contributed by atoms with Crippen LogP contribution in [-0.4, -0.2) is 31.3 Å². The van der Waals surface area contributed by atoms with Crippen LogP contribution < -0.4 is 5.32 Å². The highest BCUT2D eigenvalue weighted by Crippen LogP contribution is 2.13. The number of nitrogens with one attached hydrogen (secondary N) is 1. The molecule has 1 aliphatic heterocycles. The molecule has 0 spiro atoms. The minimum atomic E-state index is 0.274. The van der Waals surface area contributed by atoms with Gasteiger partial charge in [0.1, 0.15) is 5.82 Å². The fourth-order valence-corrected chi connectivity index (χ4v) is 1.93. The highest BCUT2D eigenvalue weighted by atomic mass is 16.5. The van der Waals surface area contributed by atoms with Gasteiger partial charge in [-0.3, -0.25) is 0 Å². The molecule has 1 atom stereocenters. The van der Waals surface area contributed by atoms with Crippen LogP contribution in [0.5, 0.6) is 0 Å². The Morgan fingerprint density at radius 3 is 3.18 bits per heavy atom. The van der Waals surface area contributed by atoms with Crippen LogP contribution in [0.4, 0.5) is 5.82 Å². The van der Waals surface area contributed by atoms with Gasteiger partial charge in [-0.15, -0.1) is 0 Å². The van der Waals surface area contributed by atoms with Crippen molar-refractivity contribution < 1.29 is 9.47 Å². The second-order valence-corrected chi connectivity index (χ2v) is 4.27. The predicted molar refractivity (Wildman–Crippen MR) is 67.0 cm³/mol. The Kier molecular flexibility index (Phi) is 4.76. The van der Waals surface area contributed by atoms with E-state index < -0.39 is 0 Å². The monoisotopic (exact) mass is 236 g/mol. The maximum atomic E-state index is 5.64. The van der Waals surface area contributed by atoms with E-state index in [9.17, 15) is 0 Å². The fraction of sp³-hybridized carbons (Fsp3) is 0.615. The van der Waals surface area contributed by atoms with Crippen LogP contribution in [0.25, 0.3) is 0 Å². The Bertz CT molecular complexity index is 338. The number of ether oxygens (including phenoxy) is 2. The first-order valence-corrected chi connectivity index (χ1v) is 6.21. The SMILES string of the molecule is CNc1cccc(COCC2CCCCO2)n1. The lowest BCUT2D eigenvalue weighted by Crippen LogP contribution is -2.24. The van der Waals surface area contributed by atoms with Gasteiger partial charge in [0.25, 0.3) is 0 Å². The Morgan fingerprint density at radius 2 is 2.41 bits per heavy atom. The van der Waals surface area contributed by atoms with Crippen molar-refractivity contribution in [1.82, 2.24) is 4.98 Å². The van der Waals surface area contributed by atoms with E-state index in [1.807, 2.05) is 25.2 Å². The predicted octanol–water partition coefficient (Wildman–Crippen LogP) is 2.21. The van der Waals surface area contributed by atoms with Gasteiger partial charge in [0, 0.05) is 13.7 Å². The van der Waals surface area contributed by atoms with Gasteiger partial charge in [-0.1, -0.05) is 6.07 Å². The molecule has 1 aromatic rings. The zero-order valence-corrected chi connectivity index (χ0v) is 10.3. The van der Waals surface area contributed by atoms with Crippen molar-refractivity contribution in [3.8, 4) is 0 Å². The van der Waals surface area contributed by atoms with Gasteiger partial charge < -0.3 is 14.8 Å². The maximum absolute atomic E-state index is 5.64. The zero-order chi connectivity index (χ0) is 11.9. The van der Waals surface area contributed by atoms with E-state index in [1.54, 1.807) is 0 Å². The Balaban J connectivity index is 1.73. The summed E-state index contributed by atoms with van der Waals surface area (Å²) in [6.45, 7) is 2.10. The molecular formula is C13H20N2O2. The number of rotatable bonds is 5. The van der Waals surface area contributed by atoms with Crippen LogP contribution in [-0.2, 0) is 16.1 Å². The quantitative estimate of drug-likeness (QED) is 0.851. The summed E-state index contributed by atoms with van der Waals surface area (Å²) < 4.78 is 11.2. The third-order valence-electron chi connectivity index (χ3n) is 2.89. The summed E-state index contributed by atoms with van der Waals surface area (Å²) in [5.41, 5.74) is 0.952. The summed E-state index contributed by atoms with van der Waals surface area (Å²) in [5.74, 6) is 0.875. The van der Waals surface area contributed by atoms with Crippen LogP contribution >= 0.6 is 0 Å². The molecule has 4 nitrogen and oxygen atoms in total. The molecular weight excluding hydrogens is 216 g/mol. The van der Waals surface area contributed by atoms with Crippen LogP contribution in [0.15, 0.2) is 18.2 Å². The molecule has 1 N–H and O–H groups in total. The summed E-state index contributed by atoms with van der Waals surface area (Å²) >= 11 is 0. The van der Waals surface area contributed by atoms with Gasteiger partial charge >= 0.3 is 0 Å². The van der Waals surface area contributed by atoms with E-state index in [-0.39, 0.29) is 6.10 Å². The number of nitrogens with zero attached hydrogens (tertiary/aromatic N) is 1. The molecule has 4 heteroatoms. The van der Waals surface area contributed by atoms with Gasteiger partial charge in [-0.05, 0) is 31.4 Å². The standard InChI is InChI=1S/C13H20N2O2/c1-14-13-7-4-5-11(15-13)9-16-10-12-6-2-3-8-17-12/h4-5,7,12H,2-3,6,8-10H2,1H3,(H,14,15). The van der Waals surface area contributed by atoms with Crippen LogP contribution in [0.3, 0.4) is 0 Å². The summed E-state index contributed by atoms with van der Waals surface area (Å²) in [7, 11) is 1.86. The third kappa shape index (κ3) is 3.98.